The molecule has 6 heteroatoms. The van der Waals surface area contributed by atoms with Crippen LogP contribution in [0.1, 0.15) is 49.7 Å². The summed E-state index contributed by atoms with van der Waals surface area (Å²) in [6, 6.07) is 21.1. The van der Waals surface area contributed by atoms with E-state index in [4.69, 9.17) is 0 Å². The van der Waals surface area contributed by atoms with Crippen LogP contribution < -0.4 is 0 Å². The molecule has 0 N–H and O–H groups in total. The van der Waals surface area contributed by atoms with Gasteiger partial charge in [-0.1, -0.05) is 0 Å². The molecule has 3 saturated carbocycles. The van der Waals surface area contributed by atoms with Gasteiger partial charge < -0.3 is 0 Å². The Morgan fingerprint density at radius 3 is 1.55 bits per heavy atom. The number of halogens is 2. The normalized spacial score (nSPS) is 22.3. The van der Waals surface area contributed by atoms with Crippen LogP contribution in [0.25, 0.3) is 0 Å². The van der Waals surface area contributed by atoms with Crippen molar-refractivity contribution in [3.8, 4) is 0 Å². The minimum atomic E-state index is 0.593. The van der Waals surface area contributed by atoms with Crippen molar-refractivity contribution in [3.63, 3.8) is 0 Å². The Bertz CT molecular complexity index is 930. The van der Waals surface area contributed by atoms with Crippen molar-refractivity contribution in [3.05, 3.63) is 88.0 Å². The van der Waals surface area contributed by atoms with Crippen molar-refractivity contribution >= 4 is 45.7 Å². The molecule has 0 saturated heterocycles. The van der Waals surface area contributed by atoms with Crippen LogP contribution in [0.4, 0.5) is 0 Å². The zero-order chi connectivity index (χ0) is 21.7. The van der Waals surface area contributed by atoms with Crippen molar-refractivity contribution < 1.29 is 19.4 Å². The summed E-state index contributed by atoms with van der Waals surface area (Å²) in [5.74, 6) is 1.09. The van der Waals surface area contributed by atoms with Crippen molar-refractivity contribution in [1.29, 1.82) is 0 Å². The molecule has 0 unspecified atom stereocenters. The topological polar surface area (TPSA) is 13.1 Å². The van der Waals surface area contributed by atoms with Gasteiger partial charge in [-0.3, -0.25) is 0 Å². The fourth-order valence-electron chi connectivity index (χ4n) is 4.71. The first-order valence-electron chi connectivity index (χ1n) is 11.0. The van der Waals surface area contributed by atoms with E-state index in [9.17, 15) is 0 Å². The number of rotatable bonds is 5. The number of aromatic nitrogens is 2. The standard InChI is InChI=1S/C17H16N2.C8H13I2N.Pt/c1-3-7-16(8-4-1)13-18-11-12-19(15-18)14-17-9-5-2-6-10-17;9-11(10)8-4-1-7(2-5-8)3-6-8;/h1-12H,13-14H2;7H,1-6H2;. The first-order chi connectivity index (χ1) is 15.1. The van der Waals surface area contributed by atoms with Gasteiger partial charge in [-0.2, -0.15) is 1.33 Å². The molecule has 0 amide bonds. The van der Waals surface area contributed by atoms with Gasteiger partial charge >= 0.3 is 130 Å². The van der Waals surface area contributed by atoms with Gasteiger partial charge in [0.15, 0.2) is 0 Å². The van der Waals surface area contributed by atoms with Gasteiger partial charge in [-0.15, -0.1) is 0 Å². The molecule has 3 aliphatic carbocycles. The zero-order valence-corrected chi connectivity index (χ0v) is 24.2. The van der Waals surface area contributed by atoms with Crippen LogP contribution in [0, 0.1) is 9.72 Å². The molecule has 0 spiro atoms. The Labute approximate surface area is 224 Å². The molecule has 3 nitrogen and oxygen atoms in total. The average Bonchev–Trinajstić information content (AvgIpc) is 3.16. The molecule has 2 aromatic carbocycles. The fraction of sp³-hybridized carbons (Fsp3) is 0.400. The monoisotopic (exact) mass is 820 g/mol. The van der Waals surface area contributed by atoms with Crippen LogP contribution >= 0.6 is 45.7 Å². The summed E-state index contributed by atoms with van der Waals surface area (Å²) in [7, 11) is 0. The first kappa shape index (κ1) is 23.9. The summed E-state index contributed by atoms with van der Waals surface area (Å²) in [4.78, 5) is 0. The van der Waals surface area contributed by atoms with Crippen molar-refractivity contribution in [2.75, 3.05) is 0 Å². The third-order valence-corrected chi connectivity index (χ3v) is 10.0. The van der Waals surface area contributed by atoms with E-state index < -0.39 is 0 Å². The second-order valence-corrected chi connectivity index (χ2v) is 13.5. The molecule has 6 rings (SSSR count). The van der Waals surface area contributed by atoms with Gasteiger partial charge in [0.05, 0.1) is 0 Å². The number of hydrogen-bond acceptors (Lipinski definition) is 1. The SMILES string of the molecule is IN(I)C12CCC(CC1)CC2.[Pt]=[c]1n(Cc2ccccc2)ccn1Cc1ccccc1. The Morgan fingerprint density at radius 2 is 1.19 bits per heavy atom. The van der Waals surface area contributed by atoms with Crippen LogP contribution in [-0.4, -0.2) is 16.0 Å². The summed E-state index contributed by atoms with van der Waals surface area (Å²) in [5.41, 5.74) is 3.25. The van der Waals surface area contributed by atoms with Crippen LogP contribution in [0.5, 0.6) is 0 Å². The summed E-state index contributed by atoms with van der Waals surface area (Å²) >= 11 is 7.32. The Balaban J connectivity index is 0.000000177. The molecule has 2 bridgehead atoms. The summed E-state index contributed by atoms with van der Waals surface area (Å²) in [6.45, 7) is 1.84. The third kappa shape index (κ3) is 6.21. The van der Waals surface area contributed by atoms with Crippen LogP contribution in [0.2, 0.25) is 0 Å². The van der Waals surface area contributed by atoms with Crippen molar-refractivity contribution in [2.45, 2.75) is 57.2 Å². The van der Waals surface area contributed by atoms with E-state index in [0.717, 1.165) is 19.0 Å². The second-order valence-electron chi connectivity index (χ2n) is 8.71. The van der Waals surface area contributed by atoms with Crippen LogP contribution in [0.15, 0.2) is 73.1 Å². The quantitative estimate of drug-likeness (QED) is 0.197. The summed E-state index contributed by atoms with van der Waals surface area (Å²) in [6.07, 6.45) is 13.1. The van der Waals surface area contributed by atoms with E-state index in [1.54, 1.807) is 0 Å². The van der Waals surface area contributed by atoms with Gasteiger partial charge in [-0.05, 0) is 44.4 Å². The van der Waals surface area contributed by atoms with Crippen molar-refractivity contribution in [2.24, 2.45) is 5.92 Å². The van der Waals surface area contributed by atoms with E-state index in [-0.39, 0.29) is 0 Å². The molecular weight excluding hydrogens is 791 g/mol. The molecule has 3 aliphatic rings. The maximum absolute atomic E-state index is 2.46. The van der Waals surface area contributed by atoms with Crippen LogP contribution in [-0.2, 0) is 32.4 Å². The summed E-state index contributed by atoms with van der Waals surface area (Å²) in [5, 5.41) is 0. The van der Waals surface area contributed by atoms with E-state index in [1.807, 2.05) is 0 Å². The molecule has 1 aromatic heterocycles. The molecule has 3 aromatic rings. The second kappa shape index (κ2) is 11.3. The number of imidazole rings is 1. The molecule has 1 heterocycles. The minimum absolute atomic E-state index is 0.593. The van der Waals surface area contributed by atoms with Gasteiger partial charge in [0.2, 0.25) is 0 Å². The van der Waals surface area contributed by atoms with Gasteiger partial charge in [-0.25, -0.2) is 0 Å². The fourth-order valence-corrected chi connectivity index (χ4v) is 6.85. The van der Waals surface area contributed by atoms with Gasteiger partial charge in [0.25, 0.3) is 0 Å². The number of hydrogen-bond donors (Lipinski definition) is 0. The number of fused-ring (bicyclic) bond motifs is 3. The van der Waals surface area contributed by atoms with Crippen molar-refractivity contribution in [1.82, 2.24) is 10.5 Å². The Hall–Kier alpha value is -0.242. The molecule has 0 radical (unpaired) electrons. The molecule has 0 aliphatic heterocycles. The predicted molar refractivity (Wildman–Crippen MR) is 141 cm³/mol. The number of benzene rings is 2. The zero-order valence-electron chi connectivity index (χ0n) is 17.6. The van der Waals surface area contributed by atoms with E-state index in [2.05, 4.69) is 149 Å². The van der Waals surface area contributed by atoms with E-state index in [0.29, 0.717) is 5.54 Å². The summed E-state index contributed by atoms with van der Waals surface area (Å²) < 4.78 is 8.22. The molecule has 0 atom stereocenters. The first-order valence-corrected chi connectivity index (χ1v) is 14.0. The van der Waals surface area contributed by atoms with Crippen LogP contribution in [0.3, 0.4) is 0 Å². The van der Waals surface area contributed by atoms with Gasteiger partial charge in [0.1, 0.15) is 0 Å². The number of nitrogens with zero attached hydrogens (tertiary/aromatic N) is 3. The Morgan fingerprint density at radius 1 is 0.774 bits per heavy atom. The average molecular weight is 820 g/mol. The molecule has 168 valence electrons. The Kier molecular flexibility index (Phi) is 8.68. The van der Waals surface area contributed by atoms with E-state index >= 15 is 0 Å². The molecular formula is C25H29I2N3Pt. The predicted octanol–water partition coefficient (Wildman–Crippen LogP) is 7.18. The molecule has 31 heavy (non-hydrogen) atoms. The molecule has 3 fully saturated rings. The van der Waals surface area contributed by atoms with E-state index in [1.165, 1.54) is 53.5 Å². The third-order valence-electron chi connectivity index (χ3n) is 6.67. The maximum atomic E-state index is 2.46. The van der Waals surface area contributed by atoms with Gasteiger partial charge in [0, 0.05) is 51.3 Å².